The monoisotopic (exact) mass is 288 g/mol. The van der Waals surface area contributed by atoms with Crippen LogP contribution in [0.3, 0.4) is 0 Å². The van der Waals surface area contributed by atoms with Gasteiger partial charge in [-0.2, -0.15) is 0 Å². The SMILES string of the molecule is O.O=C1OC(CC(=O)c2ccccc2)C(Cl)=C1Cl. The van der Waals surface area contributed by atoms with Crippen molar-refractivity contribution in [3.63, 3.8) is 0 Å². The van der Waals surface area contributed by atoms with Crippen molar-refractivity contribution in [1.29, 1.82) is 0 Å². The standard InChI is InChI=1S/C12H8Cl2O3.H2O/c13-10-9(17-12(16)11(10)14)6-8(15)7-4-2-1-3-5-7;/h1-5,9H,6H2;1H2. The third kappa shape index (κ3) is 2.90. The molecule has 4 nitrogen and oxygen atoms in total. The van der Waals surface area contributed by atoms with Crippen molar-refractivity contribution in [3.8, 4) is 0 Å². The van der Waals surface area contributed by atoms with Crippen LogP contribution < -0.4 is 0 Å². The van der Waals surface area contributed by atoms with Gasteiger partial charge in [0, 0.05) is 5.56 Å². The van der Waals surface area contributed by atoms with Gasteiger partial charge in [-0.15, -0.1) is 0 Å². The number of ether oxygens (including phenoxy) is 1. The Morgan fingerprint density at radius 1 is 1.22 bits per heavy atom. The molecule has 0 amide bonds. The van der Waals surface area contributed by atoms with Crippen molar-refractivity contribution in [2.24, 2.45) is 0 Å². The van der Waals surface area contributed by atoms with Crippen LogP contribution >= 0.6 is 23.2 Å². The molecule has 1 unspecified atom stereocenters. The first-order valence-electron chi connectivity index (χ1n) is 4.94. The molecule has 0 saturated carbocycles. The smallest absolute Gasteiger partial charge is 0.351 e. The van der Waals surface area contributed by atoms with Gasteiger partial charge < -0.3 is 10.2 Å². The summed E-state index contributed by atoms with van der Waals surface area (Å²) in [7, 11) is 0. The molecule has 2 rings (SSSR count). The fourth-order valence-electron chi connectivity index (χ4n) is 1.51. The summed E-state index contributed by atoms with van der Waals surface area (Å²) in [5.41, 5.74) is 0.552. The first-order valence-corrected chi connectivity index (χ1v) is 5.69. The van der Waals surface area contributed by atoms with Crippen LogP contribution in [-0.4, -0.2) is 23.3 Å². The van der Waals surface area contributed by atoms with Gasteiger partial charge in [0.2, 0.25) is 0 Å². The van der Waals surface area contributed by atoms with E-state index in [1.165, 1.54) is 0 Å². The Bertz CT molecular complexity index is 496. The molecule has 1 heterocycles. The molecule has 0 aliphatic carbocycles. The first-order chi connectivity index (χ1) is 8.09. The highest BCUT2D eigenvalue weighted by Crippen LogP contribution is 2.31. The van der Waals surface area contributed by atoms with E-state index in [2.05, 4.69) is 0 Å². The molecule has 6 heteroatoms. The molecule has 2 N–H and O–H groups in total. The van der Waals surface area contributed by atoms with Crippen molar-refractivity contribution in [3.05, 3.63) is 46.0 Å². The van der Waals surface area contributed by atoms with Gasteiger partial charge in [0.05, 0.1) is 11.5 Å². The fraction of sp³-hybridized carbons (Fsp3) is 0.167. The van der Waals surface area contributed by atoms with E-state index in [1.54, 1.807) is 24.3 Å². The average Bonchev–Trinajstić information content (AvgIpc) is 2.58. The zero-order valence-corrected chi connectivity index (χ0v) is 10.7. The van der Waals surface area contributed by atoms with Gasteiger partial charge in [-0.25, -0.2) is 4.79 Å². The Kier molecular flexibility index (Phi) is 4.90. The van der Waals surface area contributed by atoms with Gasteiger partial charge in [0.25, 0.3) is 0 Å². The molecule has 0 bridgehead atoms. The third-order valence-corrected chi connectivity index (χ3v) is 3.27. The second-order valence-corrected chi connectivity index (χ2v) is 4.33. The van der Waals surface area contributed by atoms with Crippen LogP contribution in [0.4, 0.5) is 0 Å². The van der Waals surface area contributed by atoms with Crippen LogP contribution in [0.2, 0.25) is 0 Å². The fourth-order valence-corrected chi connectivity index (χ4v) is 1.88. The molecule has 1 aliphatic rings. The lowest BCUT2D eigenvalue weighted by Crippen LogP contribution is -2.15. The van der Waals surface area contributed by atoms with E-state index in [1.807, 2.05) is 6.07 Å². The Labute approximate surface area is 113 Å². The summed E-state index contributed by atoms with van der Waals surface area (Å²) in [6.07, 6.45) is -0.755. The molecule has 1 atom stereocenters. The van der Waals surface area contributed by atoms with Gasteiger partial charge in [-0.3, -0.25) is 4.79 Å². The Balaban J connectivity index is 0.00000162. The molecule has 0 spiro atoms. The van der Waals surface area contributed by atoms with Crippen molar-refractivity contribution in [2.75, 3.05) is 0 Å². The quantitative estimate of drug-likeness (QED) is 0.631. The number of hydrogen-bond acceptors (Lipinski definition) is 3. The van der Waals surface area contributed by atoms with Crippen molar-refractivity contribution < 1.29 is 19.8 Å². The molecule has 1 aliphatic heterocycles. The molecule has 0 saturated heterocycles. The number of carbonyl (C=O) groups excluding carboxylic acids is 2. The Hall–Kier alpha value is -1.36. The molecule has 1 aromatic carbocycles. The summed E-state index contributed by atoms with van der Waals surface area (Å²) < 4.78 is 4.88. The average molecular weight is 289 g/mol. The maximum atomic E-state index is 11.8. The minimum absolute atomic E-state index is 0. The van der Waals surface area contributed by atoms with Crippen molar-refractivity contribution in [2.45, 2.75) is 12.5 Å². The van der Waals surface area contributed by atoms with E-state index < -0.39 is 12.1 Å². The van der Waals surface area contributed by atoms with Gasteiger partial charge in [0.15, 0.2) is 5.78 Å². The molecule has 1 aromatic rings. The summed E-state index contributed by atoms with van der Waals surface area (Å²) in [6.45, 7) is 0. The minimum atomic E-state index is -0.760. The topological polar surface area (TPSA) is 74.9 Å². The Morgan fingerprint density at radius 3 is 2.33 bits per heavy atom. The number of ketones is 1. The molecular formula is C12H10Cl2O4. The number of hydrogen-bond donors (Lipinski definition) is 0. The number of benzene rings is 1. The van der Waals surface area contributed by atoms with Crippen LogP contribution in [0.1, 0.15) is 16.8 Å². The zero-order chi connectivity index (χ0) is 12.4. The third-order valence-electron chi connectivity index (χ3n) is 2.39. The number of rotatable bonds is 3. The number of halogens is 2. The molecule has 0 fully saturated rings. The molecule has 0 radical (unpaired) electrons. The highest BCUT2D eigenvalue weighted by Gasteiger charge is 2.33. The highest BCUT2D eigenvalue weighted by atomic mass is 35.5. The van der Waals surface area contributed by atoms with Crippen LogP contribution in [0.25, 0.3) is 0 Å². The summed E-state index contributed by atoms with van der Waals surface area (Å²) in [5.74, 6) is -0.824. The number of Topliss-reactive ketones (excluding diaryl/α,β-unsaturated/α-hetero) is 1. The zero-order valence-electron chi connectivity index (χ0n) is 9.15. The summed E-state index contributed by atoms with van der Waals surface area (Å²) in [6, 6.07) is 8.73. The number of esters is 1. The lowest BCUT2D eigenvalue weighted by Gasteiger charge is -2.08. The highest BCUT2D eigenvalue weighted by molar-refractivity contribution is 6.48. The lowest BCUT2D eigenvalue weighted by atomic mass is 10.1. The van der Waals surface area contributed by atoms with Crippen LogP contribution in [0.5, 0.6) is 0 Å². The maximum absolute atomic E-state index is 11.8. The van der Waals surface area contributed by atoms with E-state index in [0.717, 1.165) is 0 Å². The van der Waals surface area contributed by atoms with Gasteiger partial charge in [-0.05, 0) is 0 Å². The summed E-state index contributed by atoms with van der Waals surface area (Å²) >= 11 is 11.4. The number of carbonyl (C=O) groups is 2. The second-order valence-electron chi connectivity index (χ2n) is 3.55. The molecule has 96 valence electrons. The summed E-state index contributed by atoms with van der Waals surface area (Å²) in [4.78, 5) is 22.9. The van der Waals surface area contributed by atoms with Crippen molar-refractivity contribution >= 4 is 35.0 Å². The normalized spacial score (nSPS) is 18.3. The second kappa shape index (κ2) is 6.00. The maximum Gasteiger partial charge on any atom is 0.351 e. The summed E-state index contributed by atoms with van der Waals surface area (Å²) in [5, 5.41) is -0.0431. The molecule has 18 heavy (non-hydrogen) atoms. The predicted molar refractivity (Wildman–Crippen MR) is 67.6 cm³/mol. The van der Waals surface area contributed by atoms with E-state index in [-0.39, 0.29) is 27.7 Å². The van der Waals surface area contributed by atoms with Gasteiger partial charge >= 0.3 is 5.97 Å². The number of cyclic esters (lactones) is 1. The minimum Gasteiger partial charge on any atom is -0.452 e. The van der Waals surface area contributed by atoms with E-state index in [9.17, 15) is 9.59 Å². The largest absolute Gasteiger partial charge is 0.452 e. The van der Waals surface area contributed by atoms with Crippen LogP contribution in [0.15, 0.2) is 40.4 Å². The van der Waals surface area contributed by atoms with Crippen LogP contribution in [0, 0.1) is 0 Å². The molecular weight excluding hydrogens is 279 g/mol. The predicted octanol–water partition coefficient (Wildman–Crippen LogP) is 2.05. The van der Waals surface area contributed by atoms with E-state index >= 15 is 0 Å². The Morgan fingerprint density at radius 2 is 1.83 bits per heavy atom. The van der Waals surface area contributed by atoms with E-state index in [0.29, 0.717) is 5.56 Å². The van der Waals surface area contributed by atoms with Gasteiger partial charge in [0.1, 0.15) is 11.1 Å². The van der Waals surface area contributed by atoms with E-state index in [4.69, 9.17) is 27.9 Å². The molecule has 0 aromatic heterocycles. The van der Waals surface area contributed by atoms with Gasteiger partial charge in [-0.1, -0.05) is 53.5 Å². The lowest BCUT2D eigenvalue weighted by molar-refractivity contribution is -0.138. The van der Waals surface area contributed by atoms with Crippen molar-refractivity contribution in [1.82, 2.24) is 0 Å². The van der Waals surface area contributed by atoms with Crippen LogP contribution in [-0.2, 0) is 9.53 Å². The first kappa shape index (κ1) is 14.7.